The predicted octanol–water partition coefficient (Wildman–Crippen LogP) is 5.86. The van der Waals surface area contributed by atoms with E-state index in [4.69, 9.17) is 12.2 Å². The van der Waals surface area contributed by atoms with Gasteiger partial charge in [-0.15, -0.1) is 0 Å². The summed E-state index contributed by atoms with van der Waals surface area (Å²) in [5.41, 5.74) is 3.98. The zero-order valence-electron chi connectivity index (χ0n) is 15.3. The Bertz CT molecular complexity index is 1030. The third-order valence-corrected chi connectivity index (χ3v) is 5.83. The first kappa shape index (κ1) is 18.5. The average Bonchev–Trinajstić information content (AvgIpc) is 3.02. The van der Waals surface area contributed by atoms with Crippen molar-refractivity contribution in [2.75, 3.05) is 16.8 Å². The molecule has 0 atom stereocenters. The van der Waals surface area contributed by atoms with E-state index in [-0.39, 0.29) is 5.91 Å². The fourth-order valence-electron chi connectivity index (χ4n) is 3.01. The van der Waals surface area contributed by atoms with Gasteiger partial charge in [0.2, 0.25) is 0 Å². The lowest BCUT2D eigenvalue weighted by atomic mass is 10.1. The minimum atomic E-state index is -0.0771. The highest BCUT2D eigenvalue weighted by Gasteiger charge is 2.33. The molecule has 138 valence electrons. The molecule has 0 bridgehead atoms. The van der Waals surface area contributed by atoms with Crippen molar-refractivity contribution >= 4 is 57.3 Å². The summed E-state index contributed by atoms with van der Waals surface area (Å²) in [5.74, 6) is -0.0771. The lowest BCUT2D eigenvalue weighted by Gasteiger charge is -2.19. The summed E-state index contributed by atoms with van der Waals surface area (Å²) in [6, 6.07) is 27.8. The monoisotopic (exact) mass is 402 g/mol. The first-order valence-electron chi connectivity index (χ1n) is 8.85. The molecular formula is C23H18N2OS2. The molecule has 1 amide bonds. The molecule has 1 saturated heterocycles. The minimum Gasteiger partial charge on any atom is -0.345 e. The Labute approximate surface area is 174 Å². The molecular weight excluding hydrogens is 384 g/mol. The number of thioether (sulfide) groups is 1. The van der Waals surface area contributed by atoms with E-state index in [1.807, 2.05) is 73.8 Å². The summed E-state index contributed by atoms with van der Waals surface area (Å²) in [6.07, 6.45) is 1.90. The topological polar surface area (TPSA) is 23.6 Å². The molecule has 3 nitrogen and oxygen atoms in total. The summed E-state index contributed by atoms with van der Waals surface area (Å²) in [5, 5.41) is 0. The van der Waals surface area contributed by atoms with Gasteiger partial charge < -0.3 is 4.90 Å². The molecule has 1 aliphatic rings. The lowest BCUT2D eigenvalue weighted by Crippen LogP contribution is -2.27. The largest absolute Gasteiger partial charge is 0.345 e. The van der Waals surface area contributed by atoms with Crippen molar-refractivity contribution in [3.63, 3.8) is 0 Å². The number of anilines is 3. The van der Waals surface area contributed by atoms with Gasteiger partial charge in [0.1, 0.15) is 0 Å². The molecule has 0 unspecified atom stereocenters. The number of nitrogens with zero attached hydrogens (tertiary/aromatic N) is 2. The second-order valence-corrected chi connectivity index (χ2v) is 8.01. The summed E-state index contributed by atoms with van der Waals surface area (Å²) >= 11 is 6.76. The van der Waals surface area contributed by atoms with E-state index in [1.165, 1.54) is 11.8 Å². The number of amides is 1. The number of thiocarbonyl (C=S) groups is 1. The van der Waals surface area contributed by atoms with E-state index in [2.05, 4.69) is 29.2 Å². The van der Waals surface area contributed by atoms with Crippen LogP contribution in [0.5, 0.6) is 0 Å². The molecule has 3 aromatic rings. The number of hydrogen-bond donors (Lipinski definition) is 0. The highest BCUT2D eigenvalue weighted by atomic mass is 32.2. The molecule has 28 heavy (non-hydrogen) atoms. The van der Waals surface area contributed by atoms with Crippen LogP contribution in [0.3, 0.4) is 0 Å². The molecule has 0 saturated carbocycles. The Morgan fingerprint density at radius 3 is 2.07 bits per heavy atom. The number of hydrogen-bond acceptors (Lipinski definition) is 4. The molecule has 0 aromatic heterocycles. The van der Waals surface area contributed by atoms with Crippen molar-refractivity contribution in [3.8, 4) is 0 Å². The van der Waals surface area contributed by atoms with Gasteiger partial charge in [0.05, 0.1) is 10.6 Å². The molecule has 3 aromatic carbocycles. The van der Waals surface area contributed by atoms with E-state index < -0.39 is 0 Å². The summed E-state index contributed by atoms with van der Waals surface area (Å²) in [7, 11) is 2.04. The molecule has 0 radical (unpaired) electrons. The van der Waals surface area contributed by atoms with Crippen LogP contribution in [0.4, 0.5) is 17.1 Å². The molecule has 1 fully saturated rings. The quantitative estimate of drug-likeness (QED) is 0.403. The Balaban J connectivity index is 1.55. The fourth-order valence-corrected chi connectivity index (χ4v) is 4.31. The summed E-state index contributed by atoms with van der Waals surface area (Å²) in [4.78, 5) is 17.2. The second kappa shape index (κ2) is 8.00. The third-order valence-electron chi connectivity index (χ3n) is 4.53. The van der Waals surface area contributed by atoms with Crippen LogP contribution in [0.1, 0.15) is 5.56 Å². The van der Waals surface area contributed by atoms with Crippen molar-refractivity contribution in [2.45, 2.75) is 0 Å². The third kappa shape index (κ3) is 3.72. The maximum Gasteiger partial charge on any atom is 0.270 e. The van der Waals surface area contributed by atoms with Gasteiger partial charge in [-0.3, -0.25) is 9.69 Å². The van der Waals surface area contributed by atoms with Crippen molar-refractivity contribution in [2.24, 2.45) is 0 Å². The molecule has 1 aliphatic heterocycles. The number of carbonyl (C=O) groups excluding carboxylic acids is 1. The van der Waals surface area contributed by atoms with Crippen molar-refractivity contribution in [1.82, 2.24) is 0 Å². The van der Waals surface area contributed by atoms with Gasteiger partial charge in [0.25, 0.3) is 5.91 Å². The minimum absolute atomic E-state index is 0.0771. The molecule has 1 heterocycles. The SMILES string of the molecule is CN(c1ccccc1)c1ccc(/C=C2/SC(=S)N(c3ccccc3)C2=O)cc1. The molecule has 5 heteroatoms. The lowest BCUT2D eigenvalue weighted by molar-refractivity contribution is -0.113. The Hall–Kier alpha value is -2.89. The van der Waals surface area contributed by atoms with E-state index in [0.29, 0.717) is 9.23 Å². The number of rotatable bonds is 4. The Kier molecular flexibility index (Phi) is 5.28. The standard InChI is InChI=1S/C23H18N2OS2/c1-24(18-8-4-2-5-9-18)19-14-12-17(13-15-19)16-21-22(26)25(23(27)28-21)20-10-6-3-7-11-20/h2-16H,1H3/b21-16+. The zero-order chi connectivity index (χ0) is 19.5. The van der Waals surface area contributed by atoms with Gasteiger partial charge in [-0.05, 0) is 48.0 Å². The van der Waals surface area contributed by atoms with Crippen LogP contribution in [-0.2, 0) is 4.79 Å². The van der Waals surface area contributed by atoms with Crippen LogP contribution >= 0.6 is 24.0 Å². The van der Waals surface area contributed by atoms with Gasteiger partial charge >= 0.3 is 0 Å². The van der Waals surface area contributed by atoms with E-state index in [0.717, 1.165) is 22.6 Å². The van der Waals surface area contributed by atoms with Crippen LogP contribution < -0.4 is 9.80 Å². The Morgan fingerprint density at radius 1 is 0.857 bits per heavy atom. The van der Waals surface area contributed by atoms with Crippen LogP contribution in [-0.4, -0.2) is 17.3 Å². The first-order valence-corrected chi connectivity index (χ1v) is 10.1. The van der Waals surface area contributed by atoms with Crippen LogP contribution in [0.2, 0.25) is 0 Å². The maximum atomic E-state index is 12.8. The van der Waals surface area contributed by atoms with Crippen molar-refractivity contribution in [3.05, 3.63) is 95.4 Å². The predicted molar refractivity (Wildman–Crippen MR) is 123 cm³/mol. The van der Waals surface area contributed by atoms with Gasteiger partial charge in [-0.25, -0.2) is 0 Å². The smallest absolute Gasteiger partial charge is 0.270 e. The zero-order valence-corrected chi connectivity index (χ0v) is 16.9. The van der Waals surface area contributed by atoms with Crippen molar-refractivity contribution < 1.29 is 4.79 Å². The maximum absolute atomic E-state index is 12.8. The van der Waals surface area contributed by atoms with Crippen LogP contribution in [0.15, 0.2) is 89.8 Å². The first-order chi connectivity index (χ1) is 13.6. The van der Waals surface area contributed by atoms with Crippen LogP contribution in [0, 0.1) is 0 Å². The van der Waals surface area contributed by atoms with E-state index >= 15 is 0 Å². The number of benzene rings is 3. The van der Waals surface area contributed by atoms with Crippen LogP contribution in [0.25, 0.3) is 6.08 Å². The highest BCUT2D eigenvalue weighted by Crippen LogP contribution is 2.36. The van der Waals surface area contributed by atoms with Gasteiger partial charge in [0.15, 0.2) is 4.32 Å². The van der Waals surface area contributed by atoms with E-state index in [9.17, 15) is 4.79 Å². The normalized spacial score (nSPS) is 15.3. The number of para-hydroxylation sites is 2. The average molecular weight is 403 g/mol. The van der Waals surface area contributed by atoms with E-state index in [1.54, 1.807) is 4.90 Å². The second-order valence-electron chi connectivity index (χ2n) is 6.34. The highest BCUT2D eigenvalue weighted by molar-refractivity contribution is 8.27. The van der Waals surface area contributed by atoms with Gasteiger partial charge in [0, 0.05) is 18.4 Å². The molecule has 0 N–H and O–H groups in total. The summed E-state index contributed by atoms with van der Waals surface area (Å²) in [6.45, 7) is 0. The number of carbonyl (C=O) groups is 1. The molecule has 4 rings (SSSR count). The Morgan fingerprint density at radius 2 is 1.43 bits per heavy atom. The molecule has 0 aliphatic carbocycles. The summed E-state index contributed by atoms with van der Waals surface area (Å²) < 4.78 is 0.558. The molecule has 0 spiro atoms. The van der Waals surface area contributed by atoms with Gasteiger partial charge in [-0.2, -0.15) is 0 Å². The van der Waals surface area contributed by atoms with Gasteiger partial charge in [-0.1, -0.05) is 72.5 Å². The van der Waals surface area contributed by atoms with Crippen molar-refractivity contribution in [1.29, 1.82) is 0 Å². The fraction of sp³-hybridized carbons (Fsp3) is 0.0435.